The molecular formula is C10H13NO4. The Labute approximate surface area is 87.7 Å². The van der Waals surface area contributed by atoms with Crippen LogP contribution in [-0.2, 0) is 14.2 Å². The molecular weight excluding hydrogens is 198 g/mol. The molecule has 1 aliphatic carbocycles. The lowest BCUT2D eigenvalue weighted by Crippen LogP contribution is -2.22. The molecule has 1 aliphatic heterocycles. The molecule has 0 aromatic carbocycles. The zero-order chi connectivity index (χ0) is 10.7. The highest BCUT2D eigenvalue weighted by molar-refractivity contribution is 5.66. The second kappa shape index (κ2) is 4.25. The monoisotopic (exact) mass is 211 g/mol. The number of hydrogen-bond donors (Lipinski definition) is 1. The van der Waals surface area contributed by atoms with Crippen LogP contribution in [0.25, 0.3) is 0 Å². The molecule has 0 aromatic rings. The molecule has 0 spiro atoms. The van der Waals surface area contributed by atoms with E-state index >= 15 is 0 Å². The van der Waals surface area contributed by atoms with E-state index in [-0.39, 0.29) is 12.7 Å². The molecule has 0 radical (unpaired) electrons. The van der Waals surface area contributed by atoms with Crippen LogP contribution < -0.4 is 5.32 Å². The fourth-order valence-electron chi connectivity index (χ4n) is 1.50. The molecule has 1 heterocycles. The number of allylic oxidation sites excluding steroid dienone is 1. The highest BCUT2D eigenvalue weighted by Crippen LogP contribution is 2.29. The molecule has 1 unspecified atom stereocenters. The molecule has 1 N–H and O–H groups in total. The minimum atomic E-state index is -0.410. The van der Waals surface area contributed by atoms with E-state index in [1.54, 1.807) is 0 Å². The van der Waals surface area contributed by atoms with Crippen molar-refractivity contribution in [2.45, 2.75) is 6.42 Å². The minimum Gasteiger partial charge on any atom is -0.454 e. The summed E-state index contributed by atoms with van der Waals surface area (Å²) in [5.41, 5.74) is 0. The molecule has 2 aliphatic rings. The summed E-state index contributed by atoms with van der Waals surface area (Å²) >= 11 is 0. The van der Waals surface area contributed by atoms with Crippen molar-refractivity contribution >= 4 is 6.09 Å². The van der Waals surface area contributed by atoms with Crippen LogP contribution in [0.15, 0.2) is 23.7 Å². The Morgan fingerprint density at radius 1 is 1.60 bits per heavy atom. The van der Waals surface area contributed by atoms with Gasteiger partial charge in [-0.3, -0.25) is 0 Å². The number of fused-ring (bicyclic) bond motifs is 1. The molecule has 2 rings (SSSR count). The lowest BCUT2D eigenvalue weighted by molar-refractivity contribution is 0.0974. The predicted octanol–water partition coefficient (Wildman–Crippen LogP) is 1.13. The number of carbonyl (C=O) groups excluding carboxylic acids is 1. The van der Waals surface area contributed by atoms with Gasteiger partial charge in [-0.2, -0.15) is 0 Å². The molecule has 1 saturated heterocycles. The summed E-state index contributed by atoms with van der Waals surface area (Å²) in [5, 5.41) is 2.40. The van der Waals surface area contributed by atoms with Gasteiger partial charge in [0, 0.05) is 13.0 Å². The van der Waals surface area contributed by atoms with Gasteiger partial charge in [-0.1, -0.05) is 0 Å². The third-order valence-corrected chi connectivity index (χ3v) is 2.30. The number of rotatable bonds is 2. The van der Waals surface area contributed by atoms with E-state index in [1.165, 1.54) is 7.05 Å². The maximum Gasteiger partial charge on any atom is 0.406 e. The molecule has 0 bridgehead atoms. The van der Waals surface area contributed by atoms with Gasteiger partial charge in [0.15, 0.2) is 11.5 Å². The summed E-state index contributed by atoms with van der Waals surface area (Å²) in [6.07, 6.45) is 4.29. The van der Waals surface area contributed by atoms with Crippen LogP contribution in [0, 0.1) is 5.92 Å². The van der Waals surface area contributed by atoms with Crippen molar-refractivity contribution in [1.82, 2.24) is 5.32 Å². The first-order valence-electron chi connectivity index (χ1n) is 4.82. The van der Waals surface area contributed by atoms with Gasteiger partial charge in [-0.25, -0.2) is 4.79 Å². The van der Waals surface area contributed by atoms with E-state index in [1.807, 2.05) is 12.2 Å². The second-order valence-electron chi connectivity index (χ2n) is 3.35. The number of ether oxygens (including phenoxy) is 3. The quantitative estimate of drug-likeness (QED) is 0.744. The van der Waals surface area contributed by atoms with Gasteiger partial charge in [0.05, 0.1) is 6.61 Å². The Hall–Kier alpha value is -1.65. The van der Waals surface area contributed by atoms with Crippen LogP contribution in [0.2, 0.25) is 0 Å². The minimum absolute atomic E-state index is 0.169. The van der Waals surface area contributed by atoms with Crippen molar-refractivity contribution in [1.29, 1.82) is 0 Å². The first kappa shape index (κ1) is 9.89. The van der Waals surface area contributed by atoms with Crippen LogP contribution in [0.4, 0.5) is 4.79 Å². The fourth-order valence-corrected chi connectivity index (χ4v) is 1.50. The molecule has 15 heavy (non-hydrogen) atoms. The summed E-state index contributed by atoms with van der Waals surface area (Å²) in [4.78, 5) is 10.9. The Kier molecular flexibility index (Phi) is 2.80. The van der Waals surface area contributed by atoms with Crippen LogP contribution >= 0.6 is 0 Å². The first-order valence-corrected chi connectivity index (χ1v) is 4.82. The summed E-state index contributed by atoms with van der Waals surface area (Å²) in [7, 11) is 1.54. The van der Waals surface area contributed by atoms with E-state index in [0.717, 1.165) is 17.9 Å². The van der Waals surface area contributed by atoms with Crippen LogP contribution in [0.1, 0.15) is 6.42 Å². The van der Waals surface area contributed by atoms with Crippen molar-refractivity contribution in [3.8, 4) is 0 Å². The SMILES string of the molecule is CNC(=O)OCC1C=C2OCOC2=CC1. The molecule has 5 nitrogen and oxygen atoms in total. The topological polar surface area (TPSA) is 56.8 Å². The number of carbonyl (C=O) groups is 1. The average Bonchev–Trinajstić information content (AvgIpc) is 2.72. The van der Waals surface area contributed by atoms with E-state index in [2.05, 4.69) is 5.32 Å². The smallest absolute Gasteiger partial charge is 0.406 e. The molecule has 1 atom stereocenters. The normalized spacial score (nSPS) is 22.9. The summed E-state index contributed by atoms with van der Waals surface area (Å²) in [6, 6.07) is 0. The van der Waals surface area contributed by atoms with Crippen LogP contribution in [-0.4, -0.2) is 26.5 Å². The lowest BCUT2D eigenvalue weighted by Gasteiger charge is -2.15. The number of nitrogens with one attached hydrogen (secondary N) is 1. The summed E-state index contributed by atoms with van der Waals surface area (Å²) < 4.78 is 15.4. The van der Waals surface area contributed by atoms with Crippen LogP contribution in [0.3, 0.4) is 0 Å². The number of alkyl carbamates (subject to hydrolysis) is 1. The zero-order valence-corrected chi connectivity index (χ0v) is 8.49. The zero-order valence-electron chi connectivity index (χ0n) is 8.49. The molecule has 1 amide bonds. The highest BCUT2D eigenvalue weighted by Gasteiger charge is 2.23. The molecule has 1 fully saturated rings. The Morgan fingerprint density at radius 3 is 3.20 bits per heavy atom. The molecule has 5 heteroatoms. The van der Waals surface area contributed by atoms with Gasteiger partial charge in [0.2, 0.25) is 6.79 Å². The largest absolute Gasteiger partial charge is 0.454 e. The van der Waals surface area contributed by atoms with Gasteiger partial charge in [0.1, 0.15) is 0 Å². The Morgan fingerprint density at radius 2 is 2.40 bits per heavy atom. The van der Waals surface area contributed by atoms with Crippen LogP contribution in [0.5, 0.6) is 0 Å². The molecule has 82 valence electrons. The van der Waals surface area contributed by atoms with E-state index in [0.29, 0.717) is 6.61 Å². The van der Waals surface area contributed by atoms with E-state index in [9.17, 15) is 4.79 Å². The molecule has 0 saturated carbocycles. The first-order chi connectivity index (χ1) is 7.29. The van der Waals surface area contributed by atoms with Crippen molar-refractivity contribution in [3.05, 3.63) is 23.7 Å². The van der Waals surface area contributed by atoms with Crippen molar-refractivity contribution in [2.75, 3.05) is 20.4 Å². The van der Waals surface area contributed by atoms with Crippen molar-refractivity contribution < 1.29 is 19.0 Å². The Bertz CT molecular complexity index is 321. The van der Waals surface area contributed by atoms with Gasteiger partial charge >= 0.3 is 6.09 Å². The van der Waals surface area contributed by atoms with Gasteiger partial charge in [-0.05, 0) is 18.6 Å². The number of hydrogen-bond acceptors (Lipinski definition) is 4. The van der Waals surface area contributed by atoms with Gasteiger partial charge in [-0.15, -0.1) is 0 Å². The lowest BCUT2D eigenvalue weighted by atomic mass is 10.0. The van der Waals surface area contributed by atoms with E-state index < -0.39 is 6.09 Å². The second-order valence-corrected chi connectivity index (χ2v) is 3.35. The predicted molar refractivity (Wildman–Crippen MR) is 51.7 cm³/mol. The van der Waals surface area contributed by atoms with Gasteiger partial charge < -0.3 is 19.5 Å². The summed E-state index contributed by atoms with van der Waals surface area (Å²) in [6.45, 7) is 0.636. The highest BCUT2D eigenvalue weighted by atomic mass is 16.7. The van der Waals surface area contributed by atoms with Gasteiger partial charge in [0.25, 0.3) is 0 Å². The standard InChI is InChI=1S/C10H13NO4/c1-11-10(12)13-5-7-2-3-8-9(4-7)15-6-14-8/h3-4,7H,2,5-6H2,1H3,(H,11,12). The fraction of sp³-hybridized carbons (Fsp3) is 0.500. The van der Waals surface area contributed by atoms with Crippen molar-refractivity contribution in [2.24, 2.45) is 5.92 Å². The maximum absolute atomic E-state index is 10.9. The Balaban J connectivity index is 1.86. The number of amides is 1. The van der Waals surface area contributed by atoms with Crippen molar-refractivity contribution in [3.63, 3.8) is 0 Å². The molecule has 0 aromatic heterocycles. The third kappa shape index (κ3) is 2.23. The third-order valence-electron chi connectivity index (χ3n) is 2.30. The average molecular weight is 211 g/mol. The van der Waals surface area contributed by atoms with E-state index in [4.69, 9.17) is 14.2 Å². The summed E-state index contributed by atoms with van der Waals surface area (Å²) in [5.74, 6) is 1.72. The maximum atomic E-state index is 10.9.